The van der Waals surface area contributed by atoms with Crippen molar-refractivity contribution in [1.82, 2.24) is 0 Å². The van der Waals surface area contributed by atoms with Crippen LogP contribution in [0.4, 0.5) is 0 Å². The molecule has 0 unspecified atom stereocenters. The van der Waals surface area contributed by atoms with Crippen molar-refractivity contribution in [3.8, 4) is 0 Å². The van der Waals surface area contributed by atoms with Gasteiger partial charge in [-0.25, -0.2) is 9.59 Å². The highest BCUT2D eigenvalue weighted by Gasteiger charge is 2.00. The minimum absolute atomic E-state index is 0.0624. The van der Waals surface area contributed by atoms with Gasteiger partial charge in [0.25, 0.3) is 0 Å². The van der Waals surface area contributed by atoms with E-state index in [4.69, 9.17) is 4.74 Å². The van der Waals surface area contributed by atoms with Crippen LogP contribution in [0.1, 0.15) is 26.2 Å². The molecule has 0 aromatic heterocycles. The zero-order valence-corrected chi connectivity index (χ0v) is 11.3. The summed E-state index contributed by atoms with van der Waals surface area (Å²) in [5.41, 5.74) is 0. The minimum Gasteiger partial charge on any atom is -0.509 e. The lowest BCUT2D eigenvalue weighted by Crippen LogP contribution is -2.05. The van der Waals surface area contributed by atoms with Gasteiger partial charge in [-0.2, -0.15) is 0 Å². The van der Waals surface area contributed by atoms with Gasteiger partial charge in [-0.15, -0.1) is 0 Å². The number of esters is 2. The summed E-state index contributed by atoms with van der Waals surface area (Å²) in [5.74, 6) is -1.43. The maximum atomic E-state index is 11.1. The van der Waals surface area contributed by atoms with Gasteiger partial charge in [-0.05, 0) is 12.5 Å². The molecule has 0 aliphatic carbocycles. The van der Waals surface area contributed by atoms with Crippen LogP contribution in [0.3, 0.4) is 0 Å². The molecule has 19 heavy (non-hydrogen) atoms. The van der Waals surface area contributed by atoms with E-state index >= 15 is 0 Å². The Labute approximate surface area is 113 Å². The van der Waals surface area contributed by atoms with E-state index in [1.807, 2.05) is 6.08 Å². The summed E-state index contributed by atoms with van der Waals surface area (Å²) in [6, 6.07) is 0. The molecule has 0 atom stereocenters. The molecular formula is C14H20O5. The Bertz CT molecular complexity index is 366. The molecule has 0 aromatic rings. The molecule has 0 aliphatic heterocycles. The molecule has 106 valence electrons. The second-order valence-corrected chi connectivity index (χ2v) is 3.69. The third-order valence-corrected chi connectivity index (χ3v) is 2.07. The Morgan fingerprint density at radius 2 is 1.89 bits per heavy atom. The molecule has 0 spiro atoms. The van der Waals surface area contributed by atoms with Gasteiger partial charge in [0.2, 0.25) is 0 Å². The zero-order chi connectivity index (χ0) is 14.5. The van der Waals surface area contributed by atoms with Gasteiger partial charge in [0.05, 0.1) is 7.11 Å². The maximum Gasteiger partial charge on any atom is 0.331 e. The van der Waals surface area contributed by atoms with E-state index in [0.717, 1.165) is 31.4 Å². The van der Waals surface area contributed by atoms with Crippen molar-refractivity contribution in [1.29, 1.82) is 0 Å². The lowest BCUT2D eigenvalue weighted by molar-refractivity contribution is -0.139. The van der Waals surface area contributed by atoms with Crippen LogP contribution in [-0.4, -0.2) is 30.8 Å². The van der Waals surface area contributed by atoms with E-state index in [1.54, 1.807) is 6.08 Å². The molecule has 5 heteroatoms. The monoisotopic (exact) mass is 268 g/mol. The summed E-state index contributed by atoms with van der Waals surface area (Å²) in [7, 11) is 1.21. The second-order valence-electron chi connectivity index (χ2n) is 3.69. The summed E-state index contributed by atoms with van der Waals surface area (Å²) in [6.07, 6.45) is 10.2. The highest BCUT2D eigenvalue weighted by Crippen LogP contribution is 1.97. The summed E-state index contributed by atoms with van der Waals surface area (Å²) in [4.78, 5) is 21.8. The van der Waals surface area contributed by atoms with Gasteiger partial charge < -0.3 is 14.6 Å². The average Bonchev–Trinajstić information content (AvgIpc) is 2.42. The van der Waals surface area contributed by atoms with E-state index in [-0.39, 0.29) is 12.4 Å². The van der Waals surface area contributed by atoms with Crippen molar-refractivity contribution in [2.45, 2.75) is 26.2 Å². The lowest BCUT2D eigenvalue weighted by Gasteiger charge is -1.99. The van der Waals surface area contributed by atoms with Crippen LogP contribution in [0.25, 0.3) is 0 Å². The van der Waals surface area contributed by atoms with Crippen LogP contribution >= 0.6 is 0 Å². The number of ether oxygens (including phenoxy) is 2. The summed E-state index contributed by atoms with van der Waals surface area (Å²) >= 11 is 0. The molecule has 5 nitrogen and oxygen atoms in total. The first-order valence-electron chi connectivity index (χ1n) is 6.07. The third kappa shape index (κ3) is 10.8. The number of allylic oxidation sites excluding steroid dienone is 3. The Hall–Kier alpha value is -2.04. The van der Waals surface area contributed by atoms with Crippen LogP contribution in [-0.2, 0) is 19.1 Å². The fraction of sp³-hybridized carbons (Fsp3) is 0.429. The molecule has 0 heterocycles. The van der Waals surface area contributed by atoms with Crippen molar-refractivity contribution in [2.75, 3.05) is 13.7 Å². The second kappa shape index (κ2) is 11.1. The SMILES string of the molecule is CCCC/C=C/C=C(\O)COC(=O)/C=C\C(=O)OC. The van der Waals surface area contributed by atoms with E-state index in [9.17, 15) is 14.7 Å². The number of carbonyl (C=O) groups is 2. The van der Waals surface area contributed by atoms with Gasteiger partial charge in [0.15, 0.2) is 0 Å². The first kappa shape index (κ1) is 17.0. The number of rotatable bonds is 8. The Balaban J connectivity index is 3.95. The highest BCUT2D eigenvalue weighted by atomic mass is 16.5. The fourth-order valence-corrected chi connectivity index (χ4v) is 1.04. The van der Waals surface area contributed by atoms with Crippen LogP contribution in [0.2, 0.25) is 0 Å². The van der Waals surface area contributed by atoms with Crippen molar-refractivity contribution >= 4 is 11.9 Å². The number of aliphatic hydroxyl groups is 1. The third-order valence-electron chi connectivity index (χ3n) is 2.07. The van der Waals surface area contributed by atoms with Crippen molar-refractivity contribution < 1.29 is 24.2 Å². The molecule has 0 saturated heterocycles. The molecule has 0 amide bonds. The number of hydrogen-bond acceptors (Lipinski definition) is 5. The summed E-state index contributed by atoms with van der Waals surface area (Å²) in [5, 5.41) is 9.40. The molecule has 0 saturated carbocycles. The van der Waals surface area contributed by atoms with E-state index in [2.05, 4.69) is 11.7 Å². The highest BCUT2D eigenvalue weighted by molar-refractivity contribution is 5.91. The first-order valence-corrected chi connectivity index (χ1v) is 6.07. The van der Waals surface area contributed by atoms with Crippen LogP contribution in [0.15, 0.2) is 36.1 Å². The number of methoxy groups -OCH3 is 1. The van der Waals surface area contributed by atoms with Gasteiger partial charge in [0.1, 0.15) is 12.4 Å². The standard InChI is InChI=1S/C14H20O5/c1-3-4-5-6-7-8-12(15)11-19-14(17)10-9-13(16)18-2/h6-10,15H,3-5,11H2,1-2H3/b7-6+,10-9-,12-8-. The Kier molecular flexibility index (Phi) is 9.88. The fourth-order valence-electron chi connectivity index (χ4n) is 1.04. The van der Waals surface area contributed by atoms with E-state index in [1.165, 1.54) is 13.2 Å². The van der Waals surface area contributed by atoms with Crippen LogP contribution in [0.5, 0.6) is 0 Å². The summed E-state index contributed by atoms with van der Waals surface area (Å²) < 4.78 is 9.00. The molecule has 0 aliphatic rings. The minimum atomic E-state index is -0.722. The van der Waals surface area contributed by atoms with Gasteiger partial charge in [-0.1, -0.05) is 31.9 Å². The van der Waals surface area contributed by atoms with Gasteiger partial charge in [0, 0.05) is 12.2 Å². The predicted molar refractivity (Wildman–Crippen MR) is 71.5 cm³/mol. The van der Waals surface area contributed by atoms with Crippen molar-refractivity contribution in [2.24, 2.45) is 0 Å². The zero-order valence-electron chi connectivity index (χ0n) is 11.3. The van der Waals surface area contributed by atoms with E-state index in [0.29, 0.717) is 0 Å². The Morgan fingerprint density at radius 3 is 2.53 bits per heavy atom. The number of unbranched alkanes of at least 4 members (excludes halogenated alkanes) is 2. The molecule has 0 bridgehead atoms. The molecule has 0 aromatic carbocycles. The smallest absolute Gasteiger partial charge is 0.331 e. The topological polar surface area (TPSA) is 72.8 Å². The number of hydrogen-bond donors (Lipinski definition) is 1. The van der Waals surface area contributed by atoms with Gasteiger partial charge >= 0.3 is 11.9 Å². The largest absolute Gasteiger partial charge is 0.509 e. The normalized spacial score (nSPS) is 12.0. The molecule has 0 fully saturated rings. The molecule has 0 radical (unpaired) electrons. The van der Waals surface area contributed by atoms with E-state index < -0.39 is 11.9 Å². The maximum absolute atomic E-state index is 11.1. The predicted octanol–water partition coefficient (Wildman–Crippen LogP) is 2.45. The molecule has 1 N–H and O–H groups in total. The summed E-state index contributed by atoms with van der Waals surface area (Å²) in [6.45, 7) is 1.87. The Morgan fingerprint density at radius 1 is 1.21 bits per heavy atom. The van der Waals surface area contributed by atoms with Crippen LogP contribution in [0, 0.1) is 0 Å². The quantitative estimate of drug-likeness (QED) is 0.241. The van der Waals surface area contributed by atoms with Gasteiger partial charge in [-0.3, -0.25) is 0 Å². The molecule has 0 rings (SSSR count). The van der Waals surface area contributed by atoms with Crippen molar-refractivity contribution in [3.63, 3.8) is 0 Å². The number of aliphatic hydroxyl groups excluding tert-OH is 1. The number of carbonyl (C=O) groups excluding carboxylic acids is 2. The van der Waals surface area contributed by atoms with Crippen LogP contribution < -0.4 is 0 Å². The van der Waals surface area contributed by atoms with Crippen molar-refractivity contribution in [3.05, 3.63) is 36.1 Å². The first-order chi connectivity index (χ1) is 9.10. The average molecular weight is 268 g/mol. The molecular weight excluding hydrogens is 248 g/mol. The lowest BCUT2D eigenvalue weighted by atomic mass is 10.2.